The number of thiophene rings is 1. The van der Waals surface area contributed by atoms with Crippen LogP contribution < -0.4 is 9.64 Å². The monoisotopic (exact) mass is 951 g/mol. The van der Waals surface area contributed by atoms with E-state index >= 15 is 0 Å². The zero-order valence-electron chi connectivity index (χ0n) is 38.8. The van der Waals surface area contributed by atoms with Gasteiger partial charge in [0.2, 0.25) is 0 Å². The SMILES string of the molecule is c1ccc2c(c1)Oc1ccccc1C21c2ccccc2-c2cc(N(c3ccc(-c4cccc5c4sc4ccccc45)cc3)c3ccc4c(c3)-c3ccccc3C43c4ccccc4Sc4ccccc43)ccc21. The van der Waals surface area contributed by atoms with Crippen LogP contribution in [0.2, 0.25) is 0 Å². The first-order chi connectivity index (χ1) is 35.7. The van der Waals surface area contributed by atoms with Gasteiger partial charge < -0.3 is 9.64 Å². The second kappa shape index (κ2) is 15.1. The molecule has 1 aromatic heterocycles. The molecule has 0 amide bonds. The van der Waals surface area contributed by atoms with Crippen molar-refractivity contribution in [3.05, 3.63) is 293 Å². The molecule has 0 saturated carbocycles. The molecule has 0 atom stereocenters. The summed E-state index contributed by atoms with van der Waals surface area (Å²) in [5.74, 6) is 1.79. The van der Waals surface area contributed by atoms with Gasteiger partial charge in [0.05, 0.1) is 10.8 Å². The molecule has 11 aromatic carbocycles. The van der Waals surface area contributed by atoms with Gasteiger partial charge in [-0.25, -0.2) is 0 Å². The third-order valence-corrected chi connectivity index (χ3v) is 18.4. The maximum Gasteiger partial charge on any atom is 0.132 e. The molecule has 0 radical (unpaired) electrons. The van der Waals surface area contributed by atoms with Gasteiger partial charge in [0, 0.05) is 58.2 Å². The average Bonchev–Trinajstić information content (AvgIpc) is 4.06. The van der Waals surface area contributed by atoms with Gasteiger partial charge in [0.25, 0.3) is 0 Å². The van der Waals surface area contributed by atoms with E-state index in [0.717, 1.165) is 28.6 Å². The Morgan fingerprint density at radius 2 is 0.764 bits per heavy atom. The molecule has 16 rings (SSSR count). The Labute approximate surface area is 426 Å². The van der Waals surface area contributed by atoms with Crippen molar-refractivity contribution >= 4 is 60.3 Å². The van der Waals surface area contributed by atoms with E-state index in [2.05, 4.69) is 254 Å². The Morgan fingerprint density at radius 3 is 1.38 bits per heavy atom. The Morgan fingerprint density at radius 1 is 0.319 bits per heavy atom. The molecule has 2 aliphatic carbocycles. The summed E-state index contributed by atoms with van der Waals surface area (Å²) in [6, 6.07) is 92.8. The minimum absolute atomic E-state index is 0.453. The minimum Gasteiger partial charge on any atom is -0.457 e. The van der Waals surface area contributed by atoms with Gasteiger partial charge in [-0.3, -0.25) is 0 Å². The predicted octanol–water partition coefficient (Wildman–Crippen LogP) is 18.5. The topological polar surface area (TPSA) is 12.5 Å². The van der Waals surface area contributed by atoms with E-state index in [0.29, 0.717) is 0 Å². The second-order valence-electron chi connectivity index (χ2n) is 19.4. The van der Waals surface area contributed by atoms with Gasteiger partial charge in [-0.1, -0.05) is 194 Å². The number of hydrogen-bond donors (Lipinski definition) is 0. The standard InChI is InChI=1S/C68H41NOS2/c1-4-21-53-47(16-1)51-40-44(36-38-55(51)67(53)57-23-6-10-27-61(57)70-62-28-11-7-24-58(62)67)69(43-34-32-42(33-35-43)46-19-15-20-50-49-18-3-12-29-63(49)72-66(46)50)45-37-39-56-52(41-45)48-17-2-5-22-54(48)68(56)59-25-8-13-30-64(59)71-65-31-14-9-26-60(65)68/h1-41H. The molecule has 0 N–H and O–H groups in total. The van der Waals surface area contributed by atoms with Crippen molar-refractivity contribution in [1.82, 2.24) is 0 Å². The van der Waals surface area contributed by atoms with Gasteiger partial charge in [0.15, 0.2) is 0 Å². The third kappa shape index (κ3) is 5.30. The Balaban J connectivity index is 0.924. The number of anilines is 3. The molecule has 2 nitrogen and oxygen atoms in total. The molecule has 12 aromatic rings. The fraction of sp³-hybridized carbons (Fsp3) is 0.0294. The molecule has 0 bridgehead atoms. The number of hydrogen-bond acceptors (Lipinski definition) is 4. The molecular formula is C68H41NOS2. The van der Waals surface area contributed by atoms with Crippen molar-refractivity contribution in [2.75, 3.05) is 4.90 Å². The molecule has 4 heteroatoms. The van der Waals surface area contributed by atoms with Crippen molar-refractivity contribution in [2.45, 2.75) is 20.6 Å². The molecule has 0 saturated heterocycles. The van der Waals surface area contributed by atoms with E-state index in [-0.39, 0.29) is 0 Å². The summed E-state index contributed by atoms with van der Waals surface area (Å²) in [5.41, 5.74) is 20.0. The quantitative estimate of drug-likeness (QED) is 0.174. The number of para-hydroxylation sites is 2. The van der Waals surface area contributed by atoms with E-state index in [1.165, 1.54) is 108 Å². The lowest BCUT2D eigenvalue weighted by molar-refractivity contribution is 0.436. The number of nitrogens with zero attached hydrogens (tertiary/aromatic N) is 1. The van der Waals surface area contributed by atoms with Crippen molar-refractivity contribution < 1.29 is 4.74 Å². The molecule has 72 heavy (non-hydrogen) atoms. The largest absolute Gasteiger partial charge is 0.457 e. The lowest BCUT2D eigenvalue weighted by Crippen LogP contribution is -2.32. The van der Waals surface area contributed by atoms with Crippen LogP contribution in [0.25, 0.3) is 53.6 Å². The fourth-order valence-electron chi connectivity index (χ4n) is 13.2. The van der Waals surface area contributed by atoms with Crippen LogP contribution in [0, 0.1) is 0 Å². The van der Waals surface area contributed by atoms with Gasteiger partial charge in [-0.15, -0.1) is 11.3 Å². The summed E-state index contributed by atoms with van der Waals surface area (Å²) in [7, 11) is 0. The molecule has 4 aliphatic rings. The van der Waals surface area contributed by atoms with Gasteiger partial charge in [-0.05, 0) is 133 Å². The third-order valence-electron chi connectivity index (χ3n) is 16.0. The summed E-state index contributed by atoms with van der Waals surface area (Å²) in [6.45, 7) is 0. The average molecular weight is 952 g/mol. The van der Waals surface area contributed by atoms with Crippen LogP contribution in [-0.4, -0.2) is 0 Å². The number of fused-ring (bicyclic) bond motifs is 21. The Kier molecular flexibility index (Phi) is 8.43. The van der Waals surface area contributed by atoms with E-state index in [9.17, 15) is 0 Å². The molecule has 0 fully saturated rings. The van der Waals surface area contributed by atoms with E-state index < -0.39 is 10.8 Å². The minimum atomic E-state index is -0.549. The maximum atomic E-state index is 6.69. The van der Waals surface area contributed by atoms with Crippen LogP contribution >= 0.6 is 23.1 Å². The highest BCUT2D eigenvalue weighted by Gasteiger charge is 2.52. The highest BCUT2D eigenvalue weighted by molar-refractivity contribution is 7.99. The van der Waals surface area contributed by atoms with Crippen molar-refractivity contribution in [2.24, 2.45) is 0 Å². The van der Waals surface area contributed by atoms with Crippen LogP contribution in [0.5, 0.6) is 11.5 Å². The first kappa shape index (κ1) is 40.3. The number of ether oxygens (including phenoxy) is 1. The number of benzene rings is 11. The lowest BCUT2D eigenvalue weighted by Gasteiger charge is -2.39. The second-order valence-corrected chi connectivity index (χ2v) is 21.5. The molecule has 2 aliphatic heterocycles. The Bertz CT molecular complexity index is 3970. The predicted molar refractivity (Wildman–Crippen MR) is 298 cm³/mol. The van der Waals surface area contributed by atoms with Gasteiger partial charge in [0.1, 0.15) is 11.5 Å². The molecule has 336 valence electrons. The summed E-state index contributed by atoms with van der Waals surface area (Å²) in [5, 5.41) is 2.62. The highest BCUT2D eigenvalue weighted by Crippen LogP contribution is 2.65. The molecule has 2 spiro atoms. The molecular weight excluding hydrogens is 911 g/mol. The first-order valence-electron chi connectivity index (χ1n) is 24.7. The van der Waals surface area contributed by atoms with Crippen molar-refractivity contribution in [1.29, 1.82) is 0 Å². The van der Waals surface area contributed by atoms with E-state index in [4.69, 9.17) is 4.74 Å². The van der Waals surface area contributed by atoms with Gasteiger partial charge >= 0.3 is 0 Å². The molecule has 3 heterocycles. The summed E-state index contributed by atoms with van der Waals surface area (Å²) in [4.78, 5) is 5.10. The zero-order valence-corrected chi connectivity index (χ0v) is 40.5. The smallest absolute Gasteiger partial charge is 0.132 e. The van der Waals surface area contributed by atoms with Crippen LogP contribution in [0.3, 0.4) is 0 Å². The summed E-state index contributed by atoms with van der Waals surface area (Å²) >= 11 is 3.77. The van der Waals surface area contributed by atoms with Crippen LogP contribution in [0.15, 0.2) is 259 Å². The van der Waals surface area contributed by atoms with E-state index in [1.54, 1.807) is 0 Å². The molecule has 0 unspecified atom stereocenters. The van der Waals surface area contributed by atoms with Crippen LogP contribution in [0.1, 0.15) is 44.5 Å². The summed E-state index contributed by atoms with van der Waals surface area (Å²) in [6.07, 6.45) is 0. The van der Waals surface area contributed by atoms with Crippen molar-refractivity contribution in [3.8, 4) is 44.9 Å². The van der Waals surface area contributed by atoms with E-state index in [1.807, 2.05) is 23.1 Å². The Hall–Kier alpha value is -8.41. The van der Waals surface area contributed by atoms with Crippen LogP contribution in [-0.2, 0) is 10.8 Å². The number of rotatable bonds is 4. The summed E-state index contributed by atoms with van der Waals surface area (Å²) < 4.78 is 9.32. The maximum absolute atomic E-state index is 6.69. The van der Waals surface area contributed by atoms with Crippen molar-refractivity contribution in [3.63, 3.8) is 0 Å². The van der Waals surface area contributed by atoms with Crippen LogP contribution in [0.4, 0.5) is 17.1 Å². The zero-order chi connectivity index (χ0) is 47.1. The highest BCUT2D eigenvalue weighted by atomic mass is 32.2. The lowest BCUT2D eigenvalue weighted by atomic mass is 9.66. The first-order valence-corrected chi connectivity index (χ1v) is 26.4. The fourth-order valence-corrected chi connectivity index (χ4v) is 15.6. The normalized spacial score (nSPS) is 14.4. The van der Waals surface area contributed by atoms with Gasteiger partial charge in [-0.2, -0.15) is 0 Å².